The van der Waals surface area contributed by atoms with E-state index in [1.165, 1.54) is 6.21 Å². The molecule has 0 aliphatic rings. The topological polar surface area (TPSA) is 50.7 Å². The fourth-order valence-corrected chi connectivity index (χ4v) is 2.36. The molecule has 0 saturated carbocycles. The molecule has 0 aliphatic carbocycles. The van der Waals surface area contributed by atoms with Crippen molar-refractivity contribution in [3.63, 3.8) is 0 Å². The smallest absolute Gasteiger partial charge is 0.298 e. The van der Waals surface area contributed by atoms with E-state index in [2.05, 4.69) is 10.5 Å². The molecule has 3 aromatic carbocycles. The summed E-state index contributed by atoms with van der Waals surface area (Å²) in [7, 11) is 0. The normalized spacial score (nSPS) is 10.8. The fourth-order valence-electron chi connectivity index (χ4n) is 2.18. The predicted octanol–water partition coefficient (Wildman–Crippen LogP) is 5.08. The third-order valence-electron chi connectivity index (χ3n) is 3.26. The minimum Gasteiger partial charge on any atom is -0.298 e. The van der Waals surface area contributed by atoms with Gasteiger partial charge in [-0.25, -0.2) is 4.79 Å². The van der Waals surface area contributed by atoms with E-state index in [0.29, 0.717) is 16.3 Å². The number of hydrogen-bond acceptors (Lipinski definition) is 3. The number of carbonyl (C=O) groups is 1. The monoisotopic (exact) mass is 324 g/mol. The average molecular weight is 325 g/mol. The van der Waals surface area contributed by atoms with E-state index in [4.69, 9.17) is 16.4 Å². The molecule has 1 amide bonds. The second kappa shape index (κ2) is 6.94. The lowest BCUT2D eigenvalue weighted by atomic mass is 10.1. The molecule has 0 saturated heterocycles. The average Bonchev–Trinajstić information content (AvgIpc) is 2.57. The number of nitrogens with zero attached hydrogens (tertiary/aromatic N) is 1. The summed E-state index contributed by atoms with van der Waals surface area (Å²) in [4.78, 5) is 16.7. The van der Waals surface area contributed by atoms with Crippen LogP contribution in [0, 0.1) is 0 Å². The zero-order valence-corrected chi connectivity index (χ0v) is 12.8. The Morgan fingerprint density at radius 1 is 1.00 bits per heavy atom. The second-order valence-corrected chi connectivity index (χ2v) is 5.19. The molecule has 5 heteroatoms. The summed E-state index contributed by atoms with van der Waals surface area (Å²) >= 11 is 5.99. The Morgan fingerprint density at radius 2 is 1.74 bits per heavy atom. The molecule has 114 valence electrons. The maximum Gasteiger partial charge on any atom is 0.437 e. The van der Waals surface area contributed by atoms with Crippen LogP contribution in [-0.4, -0.2) is 12.3 Å². The van der Waals surface area contributed by atoms with Gasteiger partial charge >= 0.3 is 6.09 Å². The maximum atomic E-state index is 11.9. The Morgan fingerprint density at radius 3 is 2.61 bits per heavy atom. The molecular weight excluding hydrogens is 312 g/mol. The van der Waals surface area contributed by atoms with Gasteiger partial charge in [-0.2, -0.15) is 0 Å². The van der Waals surface area contributed by atoms with Crippen LogP contribution in [0.2, 0.25) is 5.02 Å². The Balaban J connectivity index is 1.69. The van der Waals surface area contributed by atoms with Crippen molar-refractivity contribution in [2.45, 2.75) is 0 Å². The Labute approximate surface area is 138 Å². The van der Waals surface area contributed by atoms with Crippen molar-refractivity contribution in [3.8, 4) is 0 Å². The molecule has 23 heavy (non-hydrogen) atoms. The molecule has 0 bridgehead atoms. The van der Waals surface area contributed by atoms with E-state index in [-0.39, 0.29) is 0 Å². The van der Waals surface area contributed by atoms with Crippen molar-refractivity contribution < 1.29 is 9.63 Å². The molecule has 0 unspecified atom stereocenters. The van der Waals surface area contributed by atoms with Crippen molar-refractivity contribution in [1.82, 2.24) is 0 Å². The summed E-state index contributed by atoms with van der Waals surface area (Å²) in [5.74, 6) is 0. The number of amides is 1. The van der Waals surface area contributed by atoms with Crippen LogP contribution in [-0.2, 0) is 4.84 Å². The summed E-state index contributed by atoms with van der Waals surface area (Å²) in [5.41, 5.74) is 1.34. The van der Waals surface area contributed by atoms with Crippen LogP contribution >= 0.6 is 11.6 Å². The molecule has 3 rings (SSSR count). The highest BCUT2D eigenvalue weighted by atomic mass is 35.5. The van der Waals surface area contributed by atoms with Crippen molar-refractivity contribution >= 4 is 40.4 Å². The number of anilines is 1. The van der Waals surface area contributed by atoms with Gasteiger partial charge in [0.05, 0.1) is 11.9 Å². The first-order chi connectivity index (χ1) is 11.2. The van der Waals surface area contributed by atoms with Crippen LogP contribution in [0.5, 0.6) is 0 Å². The van der Waals surface area contributed by atoms with Crippen LogP contribution in [0.25, 0.3) is 10.8 Å². The third-order valence-corrected chi connectivity index (χ3v) is 3.60. The minimum absolute atomic E-state index is 0.536. The van der Waals surface area contributed by atoms with Crippen molar-refractivity contribution in [2.75, 3.05) is 5.32 Å². The summed E-state index contributed by atoms with van der Waals surface area (Å²) in [5, 5.41) is 8.84. The van der Waals surface area contributed by atoms with E-state index < -0.39 is 6.09 Å². The lowest BCUT2D eigenvalue weighted by Gasteiger charge is -2.06. The zero-order valence-electron chi connectivity index (χ0n) is 12.1. The van der Waals surface area contributed by atoms with Crippen molar-refractivity contribution in [1.29, 1.82) is 0 Å². The van der Waals surface area contributed by atoms with E-state index in [9.17, 15) is 4.79 Å². The van der Waals surface area contributed by atoms with Crippen molar-refractivity contribution in [2.24, 2.45) is 5.16 Å². The van der Waals surface area contributed by atoms with Gasteiger partial charge in [0.2, 0.25) is 0 Å². The van der Waals surface area contributed by atoms with Gasteiger partial charge in [0.25, 0.3) is 0 Å². The SMILES string of the molecule is O=C(Nc1cccc2ccccc12)ON=Cc1ccccc1Cl. The van der Waals surface area contributed by atoms with E-state index >= 15 is 0 Å². The van der Waals surface area contributed by atoms with Crippen molar-refractivity contribution in [3.05, 3.63) is 77.3 Å². The summed E-state index contributed by atoms with van der Waals surface area (Å²) < 4.78 is 0. The summed E-state index contributed by atoms with van der Waals surface area (Å²) in [6, 6.07) is 20.5. The lowest BCUT2D eigenvalue weighted by Crippen LogP contribution is -2.11. The number of nitrogens with one attached hydrogen (secondary N) is 1. The second-order valence-electron chi connectivity index (χ2n) is 4.79. The largest absolute Gasteiger partial charge is 0.437 e. The summed E-state index contributed by atoms with van der Waals surface area (Å²) in [6.45, 7) is 0. The third kappa shape index (κ3) is 3.67. The standard InChI is InChI=1S/C18H13ClN2O2/c19-16-10-4-2-7-14(16)12-20-23-18(22)21-17-11-5-8-13-6-1-3-9-15(13)17/h1-12H,(H,21,22). The van der Waals surface area contributed by atoms with Gasteiger partial charge in [0.1, 0.15) is 0 Å². The Kier molecular flexibility index (Phi) is 4.54. The zero-order chi connectivity index (χ0) is 16.1. The minimum atomic E-state index is -0.662. The number of benzene rings is 3. The highest BCUT2D eigenvalue weighted by molar-refractivity contribution is 6.33. The number of fused-ring (bicyclic) bond motifs is 1. The molecule has 0 heterocycles. The highest BCUT2D eigenvalue weighted by Crippen LogP contribution is 2.23. The van der Waals surface area contributed by atoms with Crippen LogP contribution < -0.4 is 5.32 Å². The molecular formula is C18H13ClN2O2. The van der Waals surface area contributed by atoms with Crippen LogP contribution in [0.1, 0.15) is 5.56 Å². The highest BCUT2D eigenvalue weighted by Gasteiger charge is 2.06. The van der Waals surface area contributed by atoms with Gasteiger partial charge in [-0.1, -0.05) is 71.4 Å². The lowest BCUT2D eigenvalue weighted by molar-refractivity contribution is 0.167. The first kappa shape index (κ1) is 15.1. The van der Waals surface area contributed by atoms with Crippen LogP contribution in [0.4, 0.5) is 10.5 Å². The first-order valence-corrected chi connectivity index (χ1v) is 7.35. The van der Waals surface area contributed by atoms with Gasteiger partial charge in [0.15, 0.2) is 0 Å². The molecule has 0 spiro atoms. The van der Waals surface area contributed by atoms with Gasteiger partial charge in [-0.3, -0.25) is 10.2 Å². The van der Waals surface area contributed by atoms with Gasteiger partial charge < -0.3 is 0 Å². The molecule has 0 aromatic heterocycles. The summed E-state index contributed by atoms with van der Waals surface area (Å²) in [6.07, 6.45) is 0.732. The van der Waals surface area contributed by atoms with Crippen LogP contribution in [0.3, 0.4) is 0 Å². The fraction of sp³-hybridized carbons (Fsp3) is 0. The predicted molar refractivity (Wildman–Crippen MR) is 93.1 cm³/mol. The quantitative estimate of drug-likeness (QED) is 0.415. The Hall–Kier alpha value is -2.85. The molecule has 4 nitrogen and oxygen atoms in total. The molecule has 0 fully saturated rings. The van der Waals surface area contributed by atoms with E-state index in [1.807, 2.05) is 48.5 Å². The van der Waals surface area contributed by atoms with E-state index in [0.717, 1.165) is 10.8 Å². The number of halogens is 1. The molecule has 0 atom stereocenters. The van der Waals surface area contributed by atoms with E-state index in [1.54, 1.807) is 18.2 Å². The molecule has 0 radical (unpaired) electrons. The van der Waals surface area contributed by atoms with Gasteiger partial charge in [-0.05, 0) is 17.5 Å². The van der Waals surface area contributed by atoms with Gasteiger partial charge in [-0.15, -0.1) is 0 Å². The molecule has 3 aromatic rings. The Bertz CT molecular complexity index is 872. The number of hydrogen-bond donors (Lipinski definition) is 1. The van der Waals surface area contributed by atoms with Crippen LogP contribution in [0.15, 0.2) is 71.9 Å². The first-order valence-electron chi connectivity index (χ1n) is 6.98. The maximum absolute atomic E-state index is 11.9. The molecule has 0 aliphatic heterocycles. The molecule has 1 N–H and O–H groups in total. The number of oxime groups is 1. The number of carbonyl (C=O) groups excluding carboxylic acids is 1. The van der Waals surface area contributed by atoms with Gasteiger partial charge in [0, 0.05) is 16.0 Å². The number of rotatable bonds is 3.